The highest BCUT2D eigenvalue weighted by molar-refractivity contribution is 7.19. The summed E-state index contributed by atoms with van der Waals surface area (Å²) in [5.41, 5.74) is 1.81. The molecule has 0 bridgehead atoms. The Balaban J connectivity index is 1.56. The molecule has 0 saturated heterocycles. The number of aryl methyl sites for hydroxylation is 1. The highest BCUT2D eigenvalue weighted by atomic mass is 32.1. The van der Waals surface area contributed by atoms with Crippen molar-refractivity contribution in [3.05, 3.63) is 34.4 Å². The Morgan fingerprint density at radius 1 is 0.881 bits per heavy atom. The topological polar surface area (TPSA) is 197 Å². The van der Waals surface area contributed by atoms with E-state index in [0.717, 1.165) is 11.3 Å². The third-order valence-electron chi connectivity index (χ3n) is 5.23. The number of amides is 2. The number of H-pyrrole nitrogens is 1. The Labute approximate surface area is 247 Å². The van der Waals surface area contributed by atoms with Gasteiger partial charge in [-0.05, 0) is 34.7 Å². The highest BCUT2D eigenvalue weighted by Crippen LogP contribution is 2.28. The summed E-state index contributed by atoms with van der Waals surface area (Å²) in [5, 5.41) is 20.5. The van der Waals surface area contributed by atoms with Gasteiger partial charge in [0.25, 0.3) is 0 Å². The van der Waals surface area contributed by atoms with Crippen LogP contribution < -0.4 is 20.9 Å². The number of rotatable bonds is 23. The second kappa shape index (κ2) is 20.4. The minimum absolute atomic E-state index is 0.0221. The van der Waals surface area contributed by atoms with Crippen molar-refractivity contribution >= 4 is 50.6 Å². The first-order valence-corrected chi connectivity index (χ1v) is 14.0. The van der Waals surface area contributed by atoms with E-state index in [-0.39, 0.29) is 29.5 Å². The molecule has 1 aromatic carbocycles. The van der Waals surface area contributed by atoms with Crippen molar-refractivity contribution in [3.63, 3.8) is 0 Å². The minimum Gasteiger partial charge on any atom is -0.481 e. The quantitative estimate of drug-likeness (QED) is 0.106. The molecular weight excluding hydrogens is 574 g/mol. The van der Waals surface area contributed by atoms with Gasteiger partial charge < -0.3 is 39.4 Å². The number of carboxylic acids is 1. The molecule has 2 amide bonds. The summed E-state index contributed by atoms with van der Waals surface area (Å²) < 4.78 is 26.8. The van der Waals surface area contributed by atoms with Crippen molar-refractivity contribution in [2.24, 2.45) is 5.18 Å². The second-order valence-electron chi connectivity index (χ2n) is 8.61. The van der Waals surface area contributed by atoms with Gasteiger partial charge in [-0.1, -0.05) is 0 Å². The molecule has 0 spiro atoms. The first kappa shape index (κ1) is 34.7. The van der Waals surface area contributed by atoms with E-state index >= 15 is 0 Å². The number of aliphatic carboxylic acids is 1. The van der Waals surface area contributed by atoms with E-state index in [4.69, 9.17) is 28.8 Å². The zero-order chi connectivity index (χ0) is 30.6. The van der Waals surface area contributed by atoms with Crippen molar-refractivity contribution < 1.29 is 48.2 Å². The smallest absolute Gasteiger partial charge is 0.341 e. The van der Waals surface area contributed by atoms with Crippen LogP contribution in [0.5, 0.6) is 0 Å². The zero-order valence-corrected chi connectivity index (χ0v) is 24.5. The number of aromatic amines is 1. The van der Waals surface area contributed by atoms with Gasteiger partial charge in [-0.2, -0.15) is 5.32 Å². The maximum absolute atomic E-state index is 12.8. The lowest BCUT2D eigenvalue weighted by Gasteiger charge is -2.12. The van der Waals surface area contributed by atoms with E-state index in [9.17, 15) is 19.3 Å². The van der Waals surface area contributed by atoms with Crippen LogP contribution >= 0.6 is 11.3 Å². The summed E-state index contributed by atoms with van der Waals surface area (Å²) in [5.74, 6) is -1.68. The Kier molecular flexibility index (Phi) is 16.8. The van der Waals surface area contributed by atoms with E-state index in [1.54, 1.807) is 25.1 Å². The van der Waals surface area contributed by atoms with Crippen molar-refractivity contribution in [2.45, 2.75) is 20.3 Å². The third kappa shape index (κ3) is 14.4. The molecule has 1 heterocycles. The predicted molar refractivity (Wildman–Crippen MR) is 155 cm³/mol. The van der Waals surface area contributed by atoms with Gasteiger partial charge in [0.15, 0.2) is 0 Å². The molecule has 0 aliphatic carbocycles. The molecule has 232 valence electrons. The van der Waals surface area contributed by atoms with Crippen LogP contribution in [0.15, 0.2) is 23.4 Å². The van der Waals surface area contributed by atoms with Gasteiger partial charge in [0, 0.05) is 26.1 Å². The number of carboxylic acid groups (broad SMARTS) is 1. The van der Waals surface area contributed by atoms with Gasteiger partial charge in [-0.15, -0.1) is 4.91 Å². The maximum atomic E-state index is 12.8. The predicted octanol–water partition coefficient (Wildman–Crippen LogP) is 2.45. The van der Waals surface area contributed by atoms with E-state index in [1.165, 1.54) is 6.92 Å². The maximum Gasteiger partial charge on any atom is 0.341 e. The molecule has 0 saturated carbocycles. The van der Waals surface area contributed by atoms with Crippen LogP contribution in [0.25, 0.3) is 0 Å². The summed E-state index contributed by atoms with van der Waals surface area (Å²) in [6.07, 6.45) is -0.0221. The Morgan fingerprint density at radius 3 is 1.98 bits per heavy atom. The number of nitrogens with zero attached hydrogens (tertiary/aromatic N) is 1. The van der Waals surface area contributed by atoms with Gasteiger partial charge >= 0.3 is 17.0 Å². The average molecular weight is 613 g/mol. The molecule has 0 radical (unpaired) electrons. The summed E-state index contributed by atoms with van der Waals surface area (Å²) in [6.45, 7) is 7.31. The normalized spacial score (nSPS) is 10.8. The van der Waals surface area contributed by atoms with E-state index in [2.05, 4.69) is 26.1 Å². The molecule has 42 heavy (non-hydrogen) atoms. The lowest BCUT2D eigenvalue weighted by molar-refractivity contribution is -0.363. The number of anilines is 3. The number of ether oxygens (including phenoxy) is 5. The van der Waals surface area contributed by atoms with Crippen LogP contribution in [-0.2, 0) is 33.3 Å². The molecule has 0 fully saturated rings. The van der Waals surface area contributed by atoms with Gasteiger partial charge in [-0.3, -0.25) is 9.59 Å². The number of benzene rings is 1. The summed E-state index contributed by atoms with van der Waals surface area (Å²) >= 11 is 1.02. The molecule has 2 rings (SSSR count). The second-order valence-corrected chi connectivity index (χ2v) is 9.60. The van der Waals surface area contributed by atoms with Gasteiger partial charge in [0.05, 0.1) is 83.7 Å². The van der Waals surface area contributed by atoms with Gasteiger partial charge in [0.1, 0.15) is 5.69 Å². The number of hydrogen-bond acceptors (Lipinski definition) is 12. The molecule has 1 aromatic heterocycles. The van der Waals surface area contributed by atoms with Gasteiger partial charge in [-0.25, -0.2) is 9.78 Å². The van der Waals surface area contributed by atoms with Crippen molar-refractivity contribution in [3.8, 4) is 0 Å². The molecule has 15 nitrogen and oxygen atoms in total. The largest absolute Gasteiger partial charge is 0.481 e. The van der Waals surface area contributed by atoms with Crippen molar-refractivity contribution in [2.75, 3.05) is 88.6 Å². The number of nitrogens with one attached hydrogen (secondary N) is 4. The first-order chi connectivity index (χ1) is 20.3. The summed E-state index contributed by atoms with van der Waals surface area (Å²) in [7, 11) is 0. The van der Waals surface area contributed by atoms with Crippen LogP contribution in [0.1, 0.15) is 29.4 Å². The minimum atomic E-state index is -0.891. The number of thiazole rings is 1. The number of aromatic nitrogens is 1. The molecular formula is C26H38N5O10S+. The molecule has 2 aromatic rings. The summed E-state index contributed by atoms with van der Waals surface area (Å²) in [4.78, 5) is 48.6. The van der Waals surface area contributed by atoms with Crippen LogP contribution in [0.3, 0.4) is 0 Å². The lowest BCUT2D eigenvalue weighted by Crippen LogP contribution is -2.20. The first-order valence-electron chi connectivity index (χ1n) is 13.2. The SMILES string of the molecule is CC(=O)Nc1cc(NCCOCCOCCOCCOCCOCCC(=O)O)ccc1C(=O)Nc1[nH+]c(C)c(N=O)s1. The monoisotopic (exact) mass is 612 g/mol. The number of carbonyl (C=O) groups excluding carboxylic acids is 2. The number of carbonyl (C=O) groups is 3. The summed E-state index contributed by atoms with van der Waals surface area (Å²) in [6, 6.07) is 4.96. The standard InChI is InChI=1S/C26H37N5O10S/c1-18-25(31-36)42-26(28-18)30-24(35)21-4-3-20(17-22(21)29-19(2)32)27-6-8-38-10-12-40-14-16-41-15-13-39-11-9-37-7-5-23(33)34/h3-4,17,27H,5-16H2,1-2H3,(H,29,32)(H,33,34)(H,28,30,35)/p+1. The van der Waals surface area contributed by atoms with Gasteiger partial charge in [0.2, 0.25) is 10.9 Å². The van der Waals surface area contributed by atoms with Crippen LogP contribution in [-0.4, -0.2) is 95.5 Å². The van der Waals surface area contributed by atoms with E-state index in [1.807, 2.05) is 0 Å². The molecule has 0 aliphatic rings. The van der Waals surface area contributed by atoms with E-state index in [0.29, 0.717) is 88.2 Å². The van der Waals surface area contributed by atoms with Crippen LogP contribution in [0, 0.1) is 11.8 Å². The molecule has 16 heteroatoms. The highest BCUT2D eigenvalue weighted by Gasteiger charge is 2.21. The fraction of sp³-hybridized carbons (Fsp3) is 0.538. The molecule has 0 atom stereocenters. The number of hydrogen-bond donors (Lipinski definition) is 4. The Bertz CT molecular complexity index is 1150. The number of nitroso groups, excluding NO2 is 1. The molecule has 5 N–H and O–H groups in total. The molecule has 0 unspecified atom stereocenters. The molecule has 0 aliphatic heterocycles. The third-order valence-corrected chi connectivity index (χ3v) is 6.21. The fourth-order valence-corrected chi connectivity index (χ4v) is 4.07. The van der Waals surface area contributed by atoms with Crippen LogP contribution in [0.4, 0.5) is 21.5 Å². The fourth-order valence-electron chi connectivity index (χ4n) is 3.29. The van der Waals surface area contributed by atoms with Crippen molar-refractivity contribution in [1.82, 2.24) is 0 Å². The van der Waals surface area contributed by atoms with Crippen molar-refractivity contribution in [1.29, 1.82) is 0 Å². The van der Waals surface area contributed by atoms with Crippen LogP contribution in [0.2, 0.25) is 0 Å². The zero-order valence-electron chi connectivity index (χ0n) is 23.7. The average Bonchev–Trinajstić information content (AvgIpc) is 3.30. The Morgan fingerprint density at radius 2 is 1.45 bits per heavy atom. The Hall–Kier alpha value is -3.54. The van der Waals surface area contributed by atoms with E-state index < -0.39 is 11.9 Å². The lowest BCUT2D eigenvalue weighted by atomic mass is 10.1.